The van der Waals surface area contributed by atoms with E-state index in [-0.39, 0.29) is 6.10 Å². The van der Waals surface area contributed by atoms with Gasteiger partial charge in [-0.05, 0) is 44.5 Å². The molecule has 4 heteroatoms. The van der Waals surface area contributed by atoms with E-state index in [1.165, 1.54) is 5.56 Å². The molecule has 0 bridgehead atoms. The van der Waals surface area contributed by atoms with Gasteiger partial charge in [-0.3, -0.25) is 0 Å². The zero-order chi connectivity index (χ0) is 15.5. The van der Waals surface area contributed by atoms with Crippen molar-refractivity contribution in [3.8, 4) is 5.75 Å². The van der Waals surface area contributed by atoms with Gasteiger partial charge < -0.3 is 14.8 Å². The Morgan fingerprint density at radius 3 is 2.48 bits per heavy atom. The third kappa shape index (κ3) is 7.74. The quantitative estimate of drug-likeness (QED) is 0.628. The fourth-order valence-corrected chi connectivity index (χ4v) is 2.98. The highest BCUT2D eigenvalue weighted by molar-refractivity contribution is 7.99. The Morgan fingerprint density at radius 2 is 1.90 bits per heavy atom. The van der Waals surface area contributed by atoms with Crippen molar-refractivity contribution in [3.63, 3.8) is 0 Å². The minimum absolute atomic E-state index is 0.217. The average molecular weight is 311 g/mol. The first-order chi connectivity index (χ1) is 10.2. The second-order valence-electron chi connectivity index (χ2n) is 5.31. The van der Waals surface area contributed by atoms with Crippen molar-refractivity contribution < 1.29 is 9.47 Å². The lowest BCUT2D eigenvalue weighted by Crippen LogP contribution is -2.24. The van der Waals surface area contributed by atoms with Gasteiger partial charge in [-0.25, -0.2) is 0 Å². The number of hydrogen-bond donors (Lipinski definition) is 1. The number of thioether (sulfide) groups is 1. The summed E-state index contributed by atoms with van der Waals surface area (Å²) in [6.07, 6.45) is 1.36. The summed E-state index contributed by atoms with van der Waals surface area (Å²) in [5, 5.41) is 3.62. The average Bonchev–Trinajstić information content (AvgIpc) is 2.47. The summed E-state index contributed by atoms with van der Waals surface area (Å²) in [5.74, 6) is 3.04. The van der Waals surface area contributed by atoms with Crippen molar-refractivity contribution in [1.82, 2.24) is 5.32 Å². The molecule has 0 saturated carbocycles. The molecule has 120 valence electrons. The van der Waals surface area contributed by atoms with Crippen molar-refractivity contribution in [2.24, 2.45) is 0 Å². The van der Waals surface area contributed by atoms with Gasteiger partial charge in [-0.1, -0.05) is 19.1 Å². The molecule has 0 aliphatic carbocycles. The first-order valence-electron chi connectivity index (χ1n) is 7.74. The molecule has 1 N–H and O–H groups in total. The third-order valence-corrected chi connectivity index (χ3v) is 4.04. The fourth-order valence-electron chi connectivity index (χ4n) is 1.99. The molecular formula is C17H29NO2S. The minimum Gasteiger partial charge on any atom is -0.491 e. The molecule has 21 heavy (non-hydrogen) atoms. The maximum absolute atomic E-state index is 5.70. The van der Waals surface area contributed by atoms with Crippen molar-refractivity contribution >= 4 is 11.8 Å². The summed E-state index contributed by atoms with van der Waals surface area (Å²) in [6.45, 7) is 8.14. The van der Waals surface area contributed by atoms with Crippen LogP contribution in [0.25, 0.3) is 0 Å². The first-order valence-corrected chi connectivity index (χ1v) is 8.89. The zero-order valence-electron chi connectivity index (χ0n) is 13.7. The molecular weight excluding hydrogens is 282 g/mol. The van der Waals surface area contributed by atoms with Crippen LogP contribution in [-0.4, -0.2) is 37.9 Å². The van der Waals surface area contributed by atoms with Gasteiger partial charge in [0.2, 0.25) is 0 Å². The van der Waals surface area contributed by atoms with E-state index < -0.39 is 0 Å². The van der Waals surface area contributed by atoms with Gasteiger partial charge in [0.1, 0.15) is 5.75 Å². The van der Waals surface area contributed by atoms with E-state index >= 15 is 0 Å². The number of rotatable bonds is 11. The summed E-state index contributed by atoms with van der Waals surface area (Å²) in [5.41, 5.74) is 1.32. The topological polar surface area (TPSA) is 30.5 Å². The fraction of sp³-hybridized carbons (Fsp3) is 0.647. The molecule has 0 amide bonds. The van der Waals surface area contributed by atoms with Crippen LogP contribution < -0.4 is 10.1 Å². The van der Waals surface area contributed by atoms with Crippen molar-refractivity contribution in [2.45, 2.75) is 39.3 Å². The molecule has 1 atom stereocenters. The molecule has 3 nitrogen and oxygen atoms in total. The second-order valence-corrected chi connectivity index (χ2v) is 6.46. The summed E-state index contributed by atoms with van der Waals surface area (Å²) >= 11 is 1.93. The van der Waals surface area contributed by atoms with Crippen LogP contribution in [0.15, 0.2) is 24.3 Å². The molecule has 1 aromatic carbocycles. The Bertz CT molecular complexity index is 368. The molecule has 1 rings (SSSR count). The molecule has 0 aliphatic heterocycles. The van der Waals surface area contributed by atoms with Gasteiger partial charge in [0, 0.05) is 24.7 Å². The summed E-state index contributed by atoms with van der Waals surface area (Å²) < 4.78 is 10.8. The van der Waals surface area contributed by atoms with Gasteiger partial charge in [-0.2, -0.15) is 11.8 Å². The number of ether oxygens (including phenoxy) is 2. The van der Waals surface area contributed by atoms with E-state index in [9.17, 15) is 0 Å². The number of nitrogens with one attached hydrogen (secondary N) is 1. The van der Waals surface area contributed by atoms with Crippen LogP contribution in [0, 0.1) is 0 Å². The van der Waals surface area contributed by atoms with Crippen LogP contribution in [0.4, 0.5) is 0 Å². The highest BCUT2D eigenvalue weighted by atomic mass is 32.2. The van der Waals surface area contributed by atoms with Crippen LogP contribution in [0.3, 0.4) is 0 Å². The van der Waals surface area contributed by atoms with Gasteiger partial charge in [0.25, 0.3) is 0 Å². The van der Waals surface area contributed by atoms with Gasteiger partial charge in [0.15, 0.2) is 0 Å². The van der Waals surface area contributed by atoms with Crippen molar-refractivity contribution in [3.05, 3.63) is 29.8 Å². The second kappa shape index (κ2) is 10.9. The molecule has 1 aromatic rings. The summed E-state index contributed by atoms with van der Waals surface area (Å²) in [4.78, 5) is 0. The highest BCUT2D eigenvalue weighted by Crippen LogP contribution is 2.22. The number of hydrogen-bond acceptors (Lipinski definition) is 4. The largest absolute Gasteiger partial charge is 0.491 e. The molecule has 0 heterocycles. The van der Waals surface area contributed by atoms with E-state index in [4.69, 9.17) is 9.47 Å². The SMILES string of the molecule is CCCNC(CSCCOC)c1ccc(OC(C)C)cc1. The molecule has 1 unspecified atom stereocenters. The third-order valence-electron chi connectivity index (χ3n) is 3.01. The minimum atomic E-state index is 0.217. The van der Waals surface area contributed by atoms with E-state index in [0.29, 0.717) is 6.04 Å². The smallest absolute Gasteiger partial charge is 0.119 e. The standard InChI is InChI=1S/C17H29NO2S/c1-5-10-18-17(13-21-12-11-19-4)15-6-8-16(9-7-15)20-14(2)3/h6-9,14,17-18H,5,10-13H2,1-4H3. The zero-order valence-corrected chi connectivity index (χ0v) is 14.5. The lowest BCUT2D eigenvalue weighted by molar-refractivity contribution is 0.218. The van der Waals surface area contributed by atoms with Crippen LogP contribution in [0.2, 0.25) is 0 Å². The van der Waals surface area contributed by atoms with Gasteiger partial charge in [0.05, 0.1) is 12.7 Å². The Hall–Kier alpha value is -0.710. The normalized spacial score (nSPS) is 12.6. The number of benzene rings is 1. The van der Waals surface area contributed by atoms with Crippen LogP contribution >= 0.6 is 11.8 Å². The van der Waals surface area contributed by atoms with Gasteiger partial charge in [-0.15, -0.1) is 0 Å². The maximum atomic E-state index is 5.70. The van der Waals surface area contributed by atoms with E-state index in [0.717, 1.165) is 36.8 Å². The number of methoxy groups -OCH3 is 1. The lowest BCUT2D eigenvalue weighted by Gasteiger charge is -2.19. The van der Waals surface area contributed by atoms with E-state index in [2.05, 4.69) is 36.5 Å². The molecule has 0 spiro atoms. The Labute approximate surface area is 133 Å². The summed E-state index contributed by atoms with van der Waals surface area (Å²) in [7, 11) is 1.75. The Kier molecular flexibility index (Phi) is 9.55. The Balaban J connectivity index is 2.59. The maximum Gasteiger partial charge on any atom is 0.119 e. The predicted octanol–water partition coefficient (Wildman–Crippen LogP) is 3.89. The monoisotopic (exact) mass is 311 g/mol. The van der Waals surface area contributed by atoms with Crippen LogP contribution in [0.5, 0.6) is 5.75 Å². The van der Waals surface area contributed by atoms with Gasteiger partial charge >= 0.3 is 0 Å². The van der Waals surface area contributed by atoms with Crippen molar-refractivity contribution in [1.29, 1.82) is 0 Å². The molecule has 0 aliphatic rings. The first kappa shape index (κ1) is 18.3. The molecule has 0 aromatic heterocycles. The summed E-state index contributed by atoms with van der Waals surface area (Å²) in [6, 6.07) is 8.86. The van der Waals surface area contributed by atoms with Crippen LogP contribution in [0.1, 0.15) is 38.8 Å². The predicted molar refractivity (Wildman–Crippen MR) is 92.4 cm³/mol. The lowest BCUT2D eigenvalue weighted by atomic mass is 10.1. The molecule has 0 radical (unpaired) electrons. The van der Waals surface area contributed by atoms with Crippen LogP contribution in [-0.2, 0) is 4.74 Å². The molecule has 0 fully saturated rings. The molecule has 0 saturated heterocycles. The van der Waals surface area contributed by atoms with Crippen molar-refractivity contribution in [2.75, 3.05) is 31.8 Å². The highest BCUT2D eigenvalue weighted by Gasteiger charge is 2.11. The van der Waals surface area contributed by atoms with E-state index in [1.807, 2.05) is 25.6 Å². The Morgan fingerprint density at radius 1 is 1.19 bits per heavy atom. The van der Waals surface area contributed by atoms with E-state index in [1.54, 1.807) is 7.11 Å².